The first-order chi connectivity index (χ1) is 14.8. The second-order valence-corrected chi connectivity index (χ2v) is 11.5. The Hall–Kier alpha value is -2.10. The van der Waals surface area contributed by atoms with Crippen LogP contribution in [0, 0.1) is 0 Å². The van der Waals surface area contributed by atoms with Crippen LogP contribution in [-0.2, 0) is 33.9 Å². The van der Waals surface area contributed by atoms with Gasteiger partial charge in [-0.2, -0.15) is 13.5 Å². The predicted molar refractivity (Wildman–Crippen MR) is 127 cm³/mol. The Kier molecular flexibility index (Phi) is 7.21. The van der Waals surface area contributed by atoms with Gasteiger partial charge in [0.05, 0.1) is 24.8 Å². The van der Waals surface area contributed by atoms with Gasteiger partial charge < -0.3 is 4.90 Å². The molecule has 0 bridgehead atoms. The van der Waals surface area contributed by atoms with E-state index in [1.54, 1.807) is 19.3 Å². The summed E-state index contributed by atoms with van der Waals surface area (Å²) in [7, 11) is -0.415. The first-order valence-corrected chi connectivity index (χ1v) is 12.5. The Morgan fingerprint density at radius 3 is 2.56 bits per heavy atom. The molecule has 1 fully saturated rings. The zero-order chi connectivity index (χ0) is 23.7. The molecular weight excluding hydrogens is 450 g/mol. The number of aromatic nitrogens is 2. The van der Waals surface area contributed by atoms with Gasteiger partial charge in [-0.05, 0) is 55.1 Å². The molecule has 0 spiro atoms. The van der Waals surface area contributed by atoms with Gasteiger partial charge in [0.25, 0.3) is 0 Å². The highest BCUT2D eigenvalue weighted by Gasteiger charge is 2.31. The van der Waals surface area contributed by atoms with E-state index < -0.39 is 16.1 Å². The van der Waals surface area contributed by atoms with Crippen LogP contribution < -0.4 is 9.03 Å². The van der Waals surface area contributed by atoms with Crippen LogP contribution in [0.15, 0.2) is 30.6 Å². The van der Waals surface area contributed by atoms with Crippen molar-refractivity contribution in [1.82, 2.24) is 19.4 Å². The Labute approximate surface area is 195 Å². The van der Waals surface area contributed by atoms with E-state index in [1.807, 2.05) is 19.2 Å². The molecule has 8 nitrogen and oxygen atoms in total. The number of halogens is 1. The van der Waals surface area contributed by atoms with E-state index in [1.165, 1.54) is 15.2 Å². The minimum atomic E-state index is -4.12. The summed E-state index contributed by atoms with van der Waals surface area (Å²) in [5.41, 5.74) is 1.92. The van der Waals surface area contributed by atoms with Gasteiger partial charge in [-0.15, -0.1) is 0 Å². The van der Waals surface area contributed by atoms with Crippen molar-refractivity contribution in [3.63, 3.8) is 0 Å². The standard InChI is InChI=1S/C22H32ClN5O3S/c1-22(2,3)17-9-16(10-18(23)12-17)11-21(29)25-32(30,31)28(20-13-24-27(5)14-20)15-19-7-6-8-26(19)4/h9-10,12-14,19H,6-8,11,15H2,1-5H3,(H,25,29)/t19-/m0/s1. The van der Waals surface area contributed by atoms with E-state index in [9.17, 15) is 13.2 Å². The summed E-state index contributed by atoms with van der Waals surface area (Å²) >= 11 is 6.24. The maximum Gasteiger partial charge on any atom is 0.326 e. The Morgan fingerprint density at radius 1 is 1.28 bits per heavy atom. The van der Waals surface area contributed by atoms with Crippen molar-refractivity contribution >= 4 is 33.4 Å². The Bertz CT molecular complexity index is 1080. The molecule has 10 heteroatoms. The quantitative estimate of drug-likeness (QED) is 0.657. The highest BCUT2D eigenvalue weighted by Crippen LogP contribution is 2.27. The first kappa shape index (κ1) is 24.5. The van der Waals surface area contributed by atoms with Crippen molar-refractivity contribution in [1.29, 1.82) is 0 Å². The molecule has 1 aliphatic heterocycles. The second-order valence-electron chi connectivity index (χ2n) is 9.49. The molecule has 1 saturated heterocycles. The third-order valence-corrected chi connectivity index (χ3v) is 7.39. The second kappa shape index (κ2) is 9.41. The number of hydrogen-bond acceptors (Lipinski definition) is 5. The largest absolute Gasteiger partial charge is 0.326 e. The Morgan fingerprint density at radius 2 is 2.00 bits per heavy atom. The van der Waals surface area contributed by atoms with Crippen LogP contribution in [-0.4, -0.2) is 55.2 Å². The van der Waals surface area contributed by atoms with Crippen molar-refractivity contribution in [3.8, 4) is 0 Å². The lowest BCUT2D eigenvalue weighted by molar-refractivity contribution is -0.118. The van der Waals surface area contributed by atoms with Gasteiger partial charge in [-0.25, -0.2) is 9.03 Å². The molecule has 1 aromatic carbocycles. The first-order valence-electron chi connectivity index (χ1n) is 10.7. The number of nitrogens with zero attached hydrogens (tertiary/aromatic N) is 4. The van der Waals surface area contributed by atoms with E-state index in [0.29, 0.717) is 16.3 Å². The lowest BCUT2D eigenvalue weighted by Gasteiger charge is -2.28. The lowest BCUT2D eigenvalue weighted by atomic mass is 9.86. The monoisotopic (exact) mass is 481 g/mol. The van der Waals surface area contributed by atoms with Crippen molar-refractivity contribution in [3.05, 3.63) is 46.7 Å². The molecule has 176 valence electrons. The van der Waals surface area contributed by atoms with Crippen molar-refractivity contribution in [2.24, 2.45) is 7.05 Å². The maximum atomic E-state index is 13.2. The summed E-state index contributed by atoms with van der Waals surface area (Å²) in [5, 5.41) is 4.62. The topological polar surface area (TPSA) is 87.5 Å². The molecule has 2 heterocycles. The van der Waals surface area contributed by atoms with E-state index in [0.717, 1.165) is 24.9 Å². The van der Waals surface area contributed by atoms with Crippen LogP contribution in [0.1, 0.15) is 44.7 Å². The van der Waals surface area contributed by atoms with Crippen LogP contribution in [0.25, 0.3) is 0 Å². The van der Waals surface area contributed by atoms with E-state index in [-0.39, 0.29) is 24.4 Å². The number of likely N-dealkylation sites (tertiary alicyclic amines) is 1. The number of carbonyl (C=O) groups is 1. The maximum absolute atomic E-state index is 13.2. The van der Waals surface area contributed by atoms with Crippen molar-refractivity contribution in [2.75, 3.05) is 24.4 Å². The van der Waals surface area contributed by atoms with E-state index in [4.69, 9.17) is 11.6 Å². The molecule has 0 unspecified atom stereocenters. The number of likely N-dealkylation sites (N-methyl/N-ethyl adjacent to an activating group) is 1. The normalized spacial score (nSPS) is 17.5. The third kappa shape index (κ3) is 6.02. The molecule has 0 radical (unpaired) electrons. The van der Waals surface area contributed by atoms with Gasteiger partial charge in [0.15, 0.2) is 0 Å². The van der Waals surface area contributed by atoms with Crippen LogP contribution in [0.2, 0.25) is 5.02 Å². The minimum absolute atomic E-state index is 0.0733. The summed E-state index contributed by atoms with van der Waals surface area (Å²) in [5.74, 6) is -0.610. The van der Waals surface area contributed by atoms with Crippen LogP contribution in [0.3, 0.4) is 0 Å². The fourth-order valence-electron chi connectivity index (χ4n) is 3.89. The molecule has 1 amide bonds. The molecular formula is C22H32ClN5O3S. The molecule has 1 N–H and O–H groups in total. The summed E-state index contributed by atoms with van der Waals surface area (Å²) < 4.78 is 31.5. The van der Waals surface area contributed by atoms with Crippen LogP contribution in [0.5, 0.6) is 0 Å². The number of anilines is 1. The predicted octanol–water partition coefficient (Wildman–Crippen LogP) is 2.88. The zero-order valence-electron chi connectivity index (χ0n) is 19.3. The van der Waals surface area contributed by atoms with E-state index >= 15 is 0 Å². The number of benzene rings is 1. The van der Waals surface area contributed by atoms with Crippen molar-refractivity contribution in [2.45, 2.75) is 51.5 Å². The van der Waals surface area contributed by atoms with Gasteiger partial charge in [-0.3, -0.25) is 9.48 Å². The number of hydrogen-bond donors (Lipinski definition) is 1. The fraction of sp³-hybridized carbons (Fsp3) is 0.545. The third-order valence-electron chi connectivity index (χ3n) is 5.75. The smallest absolute Gasteiger partial charge is 0.302 e. The molecule has 1 aliphatic rings. The summed E-state index contributed by atoms with van der Waals surface area (Å²) in [4.78, 5) is 14.9. The van der Waals surface area contributed by atoms with E-state index in [2.05, 4.69) is 35.5 Å². The molecule has 1 aromatic heterocycles. The van der Waals surface area contributed by atoms with Gasteiger partial charge in [0.1, 0.15) is 0 Å². The summed E-state index contributed by atoms with van der Waals surface area (Å²) in [6.45, 7) is 7.33. The fourth-order valence-corrected chi connectivity index (χ4v) is 5.35. The summed E-state index contributed by atoms with van der Waals surface area (Å²) in [6, 6.07) is 5.52. The van der Waals surface area contributed by atoms with Gasteiger partial charge in [0, 0.05) is 24.3 Å². The summed E-state index contributed by atoms with van der Waals surface area (Å²) in [6.07, 6.45) is 4.94. The van der Waals surface area contributed by atoms with Crippen LogP contribution in [0.4, 0.5) is 5.69 Å². The molecule has 0 saturated carbocycles. The molecule has 32 heavy (non-hydrogen) atoms. The Balaban J connectivity index is 1.80. The molecule has 0 aliphatic carbocycles. The highest BCUT2D eigenvalue weighted by molar-refractivity contribution is 7.91. The minimum Gasteiger partial charge on any atom is -0.302 e. The number of nitrogens with one attached hydrogen (secondary N) is 1. The number of aryl methyl sites for hydroxylation is 1. The average molecular weight is 482 g/mol. The van der Waals surface area contributed by atoms with Gasteiger partial charge in [-0.1, -0.05) is 38.4 Å². The molecule has 1 atom stereocenters. The van der Waals surface area contributed by atoms with Gasteiger partial charge in [0.2, 0.25) is 5.91 Å². The highest BCUT2D eigenvalue weighted by atomic mass is 35.5. The molecule has 3 rings (SSSR count). The van der Waals surface area contributed by atoms with Gasteiger partial charge >= 0.3 is 10.2 Å². The molecule has 2 aromatic rings. The number of carbonyl (C=O) groups excluding carboxylic acids is 1. The van der Waals surface area contributed by atoms with Crippen LogP contribution >= 0.6 is 11.6 Å². The SMILES string of the molecule is CN1CCC[C@H]1CN(c1cnn(C)c1)S(=O)(=O)NC(=O)Cc1cc(Cl)cc(C(C)(C)C)c1. The van der Waals surface area contributed by atoms with Crippen molar-refractivity contribution < 1.29 is 13.2 Å². The number of rotatable bonds is 7. The number of amides is 1. The average Bonchev–Trinajstić information content (AvgIpc) is 3.25. The lowest BCUT2D eigenvalue weighted by Crippen LogP contribution is -2.48. The zero-order valence-corrected chi connectivity index (χ0v) is 20.9.